The number of hydrogen-bond acceptors (Lipinski definition) is 12. The third-order valence-corrected chi connectivity index (χ3v) is 17.5. The number of carbonyl (C=O) groups excluding carboxylic acids is 6. The molecule has 4 unspecified atom stereocenters. The second-order valence-corrected chi connectivity index (χ2v) is 24.1. The van der Waals surface area contributed by atoms with Crippen molar-refractivity contribution in [3.63, 3.8) is 0 Å². The lowest BCUT2D eigenvalue weighted by molar-refractivity contribution is -0.125. The molecule has 6 amide bonds. The Morgan fingerprint density at radius 1 is 0.391 bits per heavy atom. The Balaban J connectivity index is 1.08. The molecule has 2 N–H and O–H groups in total. The summed E-state index contributed by atoms with van der Waals surface area (Å²) in [5.74, 6) is -2.21. The number of nitrogens with zero attached hydrogens (tertiary/aromatic N) is 2. The lowest BCUT2D eigenvalue weighted by atomic mass is 9.80. The van der Waals surface area contributed by atoms with Crippen LogP contribution in [0.3, 0.4) is 0 Å². The average Bonchev–Trinajstić information content (AvgIpc) is 0.898. The normalized spacial score (nSPS) is 16.3. The summed E-state index contributed by atoms with van der Waals surface area (Å²) in [6, 6.07) is 51.6. The minimum atomic E-state index is -1.35. The van der Waals surface area contributed by atoms with Crippen molar-refractivity contribution in [2.24, 2.45) is 0 Å². The van der Waals surface area contributed by atoms with Gasteiger partial charge in [0.1, 0.15) is 58.1 Å². The molecule has 2 fully saturated rings. The first-order chi connectivity index (χ1) is 44.7. The molecule has 0 saturated carbocycles. The number of amides is 6. The van der Waals surface area contributed by atoms with Gasteiger partial charge in [-0.05, 0) is 112 Å². The third kappa shape index (κ3) is 10.6. The fraction of sp³-hybridized carbons (Fsp3) is 0.184. The molecule has 16 nitrogen and oxygen atoms in total. The molecule has 16 heteroatoms. The number of imide groups is 2. The predicted molar refractivity (Wildman–Crippen MR) is 347 cm³/mol. The van der Waals surface area contributed by atoms with Crippen molar-refractivity contribution in [1.82, 2.24) is 20.4 Å². The van der Waals surface area contributed by atoms with Crippen LogP contribution < -0.4 is 29.6 Å². The van der Waals surface area contributed by atoms with Gasteiger partial charge in [-0.25, -0.2) is 0 Å². The van der Waals surface area contributed by atoms with Crippen LogP contribution in [0.2, 0.25) is 0 Å². The highest BCUT2D eigenvalue weighted by Crippen LogP contribution is 2.58. The maximum absolute atomic E-state index is 16.2. The van der Waals surface area contributed by atoms with Crippen LogP contribution in [0.15, 0.2) is 182 Å². The summed E-state index contributed by atoms with van der Waals surface area (Å²) in [6.45, 7) is 9.07. The zero-order chi connectivity index (χ0) is 63.1. The van der Waals surface area contributed by atoms with E-state index < -0.39 is 47.5 Å². The number of rotatable bonds is 20. The van der Waals surface area contributed by atoms with Gasteiger partial charge in [-0.3, -0.25) is 38.6 Å². The minimum absolute atomic E-state index is 0.0226. The molecule has 0 aromatic heterocycles. The van der Waals surface area contributed by atoms with Crippen LogP contribution in [-0.4, -0.2) is 95.8 Å². The summed E-state index contributed by atoms with van der Waals surface area (Å²) in [6.07, 6.45) is -0.457. The lowest BCUT2D eigenvalue weighted by Crippen LogP contribution is -2.55. The Morgan fingerprint density at radius 2 is 0.652 bits per heavy atom. The van der Waals surface area contributed by atoms with E-state index in [4.69, 9.17) is 28.4 Å². The van der Waals surface area contributed by atoms with Crippen LogP contribution in [0.1, 0.15) is 74.8 Å². The molecule has 0 radical (unpaired) electrons. The molecule has 92 heavy (non-hydrogen) atoms. The molecule has 0 bridgehead atoms. The van der Waals surface area contributed by atoms with Gasteiger partial charge >= 0.3 is 0 Å². The molecule has 4 heterocycles. The van der Waals surface area contributed by atoms with E-state index in [0.29, 0.717) is 79.7 Å². The zero-order valence-corrected chi connectivity index (χ0v) is 50.7. The Kier molecular flexibility index (Phi) is 14.5. The number of ether oxygens (including phenoxy) is 6. The first kappa shape index (κ1) is 57.5. The number of epoxide rings is 2. The molecule has 4 atom stereocenters. The third-order valence-electron chi connectivity index (χ3n) is 17.5. The van der Waals surface area contributed by atoms with E-state index in [2.05, 4.69) is 10.6 Å². The van der Waals surface area contributed by atoms with Gasteiger partial charge in [-0.2, -0.15) is 0 Å². The molecule has 11 aromatic rings. The average molecular weight is 1220 g/mol. The summed E-state index contributed by atoms with van der Waals surface area (Å²) in [5, 5.41) is 8.25. The van der Waals surface area contributed by atoms with Crippen molar-refractivity contribution in [2.75, 3.05) is 26.3 Å². The highest BCUT2D eigenvalue weighted by atomic mass is 16.6. The van der Waals surface area contributed by atoms with Crippen molar-refractivity contribution >= 4 is 78.5 Å². The number of benzene rings is 11. The van der Waals surface area contributed by atoms with Gasteiger partial charge in [0.05, 0.1) is 47.7 Å². The van der Waals surface area contributed by atoms with Crippen LogP contribution in [0.25, 0.3) is 43.1 Å². The fourth-order valence-electron chi connectivity index (χ4n) is 12.7. The summed E-state index contributed by atoms with van der Waals surface area (Å²) >= 11 is 0. The highest BCUT2D eigenvalue weighted by Gasteiger charge is 2.47. The van der Waals surface area contributed by atoms with Crippen LogP contribution in [-0.2, 0) is 31.9 Å². The first-order valence-electron chi connectivity index (χ1n) is 30.7. The number of nitrogens with one attached hydrogen (secondary N) is 2. The van der Waals surface area contributed by atoms with E-state index in [9.17, 15) is 9.59 Å². The Morgan fingerprint density at radius 3 is 0.902 bits per heavy atom. The molecule has 11 aromatic carbocycles. The van der Waals surface area contributed by atoms with Crippen molar-refractivity contribution < 1.29 is 57.2 Å². The van der Waals surface area contributed by atoms with Gasteiger partial charge in [0, 0.05) is 69.0 Å². The SMILES string of the molecule is Cc1ccc(Oc2cc3c4c(cc(Oc5ccc(C)cc5)c5c6c(Oc7ccc(C)cc7)cc7c8c(cc(Oc9ccc(C)cc9)c(c2c45)c86)C(=O)N(C(Cc2ccccc2)C(=O)NCC2CO2)C7=O)C(=O)N(C(Cc2ccccc2)C(=O)NCC2CO2)C3=O)cc1. The van der Waals surface area contributed by atoms with Gasteiger partial charge in [0.15, 0.2) is 0 Å². The van der Waals surface area contributed by atoms with Crippen LogP contribution in [0.4, 0.5) is 0 Å². The van der Waals surface area contributed by atoms with Gasteiger partial charge in [0.25, 0.3) is 23.6 Å². The smallest absolute Gasteiger partial charge is 0.262 e. The van der Waals surface area contributed by atoms with Crippen LogP contribution in [0.5, 0.6) is 46.0 Å². The zero-order valence-electron chi connectivity index (χ0n) is 50.7. The number of aryl methyl sites for hydroxylation is 4. The minimum Gasteiger partial charge on any atom is -0.457 e. The fourth-order valence-corrected chi connectivity index (χ4v) is 12.7. The Labute approximate surface area is 528 Å². The molecule has 456 valence electrons. The molecule has 4 aliphatic heterocycles. The van der Waals surface area contributed by atoms with Crippen molar-refractivity contribution in [3.8, 4) is 46.0 Å². The maximum atomic E-state index is 16.2. The summed E-state index contributed by atoms with van der Waals surface area (Å²) in [4.78, 5) is 96.4. The van der Waals surface area contributed by atoms with E-state index in [1.54, 1.807) is 72.8 Å². The predicted octanol–water partition coefficient (Wildman–Crippen LogP) is 13.6. The van der Waals surface area contributed by atoms with Gasteiger partial charge in [-0.15, -0.1) is 0 Å². The quantitative estimate of drug-likeness (QED) is 0.0318. The van der Waals surface area contributed by atoms with Crippen LogP contribution >= 0.6 is 0 Å². The number of carbonyl (C=O) groups is 6. The monoisotopic (exact) mass is 1220 g/mol. The van der Waals surface area contributed by atoms with Crippen LogP contribution in [0, 0.1) is 27.7 Å². The first-order valence-corrected chi connectivity index (χ1v) is 30.7. The van der Waals surface area contributed by atoms with Gasteiger partial charge in [-0.1, -0.05) is 131 Å². The largest absolute Gasteiger partial charge is 0.457 e. The molecule has 0 spiro atoms. The standard InChI is InChI=1S/C76H60N4O12/c1-41-15-23-47(24-16-41)89-59-33-53-63-54(74(84)79(73(53)83)57(31-45-11-7-5-8-12-45)71(81)77-37-51-39-87-51)35-61(91-49-27-19-43(3)20-28-49)67-68-62(92-50-29-21-44(4)22-30-50)36-56-64-55(34-60(66(70(64)68)65(59)69(63)67)90-48-25-17-42(2)18-26-48)75(85)80(76(56)86)58(32-46-13-9-6-10-14-46)72(82)78-38-52-40-88-52/h5-30,33-36,51-52,57-58H,31-32,37-40H2,1-4H3,(H,77,81)(H,78,82). The highest BCUT2D eigenvalue weighted by molar-refractivity contribution is 6.45. The van der Waals surface area contributed by atoms with Crippen molar-refractivity contribution in [2.45, 2.75) is 64.8 Å². The molecular formula is C76H60N4O12. The summed E-state index contributed by atoms with van der Waals surface area (Å²) < 4.78 is 39.6. The van der Waals surface area contributed by atoms with E-state index >= 15 is 19.2 Å². The van der Waals surface area contributed by atoms with E-state index in [1.165, 1.54) is 0 Å². The lowest BCUT2D eigenvalue weighted by Gasteiger charge is -2.36. The summed E-state index contributed by atoms with van der Waals surface area (Å²) in [5.41, 5.74) is 5.34. The van der Waals surface area contributed by atoms with E-state index in [-0.39, 0.29) is 94.2 Å². The molecule has 4 aliphatic rings. The maximum Gasteiger partial charge on any atom is 0.262 e. The molecule has 15 rings (SSSR count). The van der Waals surface area contributed by atoms with Gasteiger partial charge < -0.3 is 39.1 Å². The summed E-state index contributed by atoms with van der Waals surface area (Å²) in [7, 11) is 0. The van der Waals surface area contributed by atoms with E-state index in [1.807, 2.05) is 137 Å². The number of fused-ring (bicyclic) bond motifs is 2. The van der Waals surface area contributed by atoms with Gasteiger partial charge in [0.2, 0.25) is 11.8 Å². The van der Waals surface area contributed by atoms with Crippen molar-refractivity contribution in [3.05, 3.63) is 238 Å². The second kappa shape index (κ2) is 23.1. The Hall–Kier alpha value is -10.9. The second-order valence-electron chi connectivity index (χ2n) is 24.1. The molecular weight excluding hydrogens is 1160 g/mol. The van der Waals surface area contributed by atoms with Crippen molar-refractivity contribution in [1.29, 1.82) is 0 Å². The van der Waals surface area contributed by atoms with E-state index in [0.717, 1.165) is 32.1 Å². The topological polar surface area (TPSA) is 195 Å². The molecule has 0 aliphatic carbocycles. The number of hydrogen-bond donors (Lipinski definition) is 2. The molecule has 2 saturated heterocycles. The Bertz CT molecular complexity index is 4290.